The van der Waals surface area contributed by atoms with E-state index in [1.54, 1.807) is 39.2 Å². The SMILES string of the molecule is COc1cc(-c2cc(C)c(=O)n(C)n2)cc(OC)c1CN1CCC2(CC1)CN(c1ccc3c(c1)CN(C1CCC(=O)NC1=O)C3=O)C2. The Labute approximate surface area is 273 Å². The summed E-state index contributed by atoms with van der Waals surface area (Å²) in [6.07, 6.45) is 2.78. The number of fused-ring (bicyclic) bond motifs is 1. The van der Waals surface area contributed by atoms with Crippen LogP contribution in [0.1, 0.15) is 52.7 Å². The van der Waals surface area contributed by atoms with E-state index in [4.69, 9.17) is 9.47 Å². The molecule has 0 bridgehead atoms. The first-order chi connectivity index (χ1) is 22.6. The molecule has 3 fully saturated rings. The number of anilines is 1. The lowest BCUT2D eigenvalue weighted by atomic mass is 9.71. The maximum absolute atomic E-state index is 13.1. The number of carbonyl (C=O) groups excluding carboxylic acids is 3. The average Bonchev–Trinajstić information content (AvgIpc) is 3.37. The monoisotopic (exact) mass is 640 g/mol. The highest BCUT2D eigenvalue weighted by atomic mass is 16.5. The summed E-state index contributed by atoms with van der Waals surface area (Å²) in [5, 5.41) is 6.81. The van der Waals surface area contributed by atoms with Crippen molar-refractivity contribution >= 4 is 23.4 Å². The van der Waals surface area contributed by atoms with E-state index < -0.39 is 6.04 Å². The second kappa shape index (κ2) is 11.8. The standard InChI is InChI=1S/C35H40N6O6/c1-21-13-27(37-38(2)33(21)44)22-15-29(46-3)26(30(16-22)47-4)18-39-11-9-35(10-12-39)19-40(20-35)24-5-6-25-23(14-24)17-41(34(25)45)28-7-8-31(42)36-32(28)43/h5-6,13-16,28H,7-12,17-20H2,1-4H3,(H,36,42,43). The fourth-order valence-corrected chi connectivity index (χ4v) is 7.62. The highest BCUT2D eigenvalue weighted by Gasteiger charge is 2.46. The number of aryl methyl sites for hydroxylation is 2. The number of amides is 3. The zero-order valence-corrected chi connectivity index (χ0v) is 27.3. The van der Waals surface area contributed by atoms with Gasteiger partial charge in [0.25, 0.3) is 11.5 Å². The average molecular weight is 641 g/mol. The maximum Gasteiger partial charge on any atom is 0.269 e. The van der Waals surface area contributed by atoms with Crippen molar-refractivity contribution in [1.82, 2.24) is 24.9 Å². The van der Waals surface area contributed by atoms with Gasteiger partial charge >= 0.3 is 0 Å². The molecule has 3 aromatic rings. The van der Waals surface area contributed by atoms with Gasteiger partial charge in [0.05, 0.1) is 25.5 Å². The van der Waals surface area contributed by atoms with E-state index in [0.29, 0.717) is 36.3 Å². The van der Waals surface area contributed by atoms with Crippen LogP contribution in [0.25, 0.3) is 11.3 Å². The third-order valence-corrected chi connectivity index (χ3v) is 10.4. The lowest BCUT2D eigenvalue weighted by Crippen LogP contribution is -2.60. The Morgan fingerprint density at radius 3 is 2.32 bits per heavy atom. The number of carbonyl (C=O) groups is 3. The third-order valence-electron chi connectivity index (χ3n) is 10.4. The largest absolute Gasteiger partial charge is 0.496 e. The minimum absolute atomic E-state index is 0.121. The molecule has 4 aliphatic heterocycles. The van der Waals surface area contributed by atoms with Gasteiger partial charge in [-0.1, -0.05) is 0 Å². The number of nitrogens with zero attached hydrogens (tertiary/aromatic N) is 5. The van der Waals surface area contributed by atoms with Crippen LogP contribution in [0.3, 0.4) is 0 Å². The van der Waals surface area contributed by atoms with Crippen LogP contribution in [0.15, 0.2) is 41.2 Å². The van der Waals surface area contributed by atoms with Gasteiger partial charge in [-0.05, 0) is 81.2 Å². The fourth-order valence-electron chi connectivity index (χ4n) is 7.62. The van der Waals surface area contributed by atoms with Gasteiger partial charge in [-0.2, -0.15) is 5.10 Å². The molecule has 0 aliphatic carbocycles. The topological polar surface area (TPSA) is 126 Å². The van der Waals surface area contributed by atoms with Gasteiger partial charge < -0.3 is 19.3 Å². The second-order valence-corrected chi connectivity index (χ2v) is 13.4. The summed E-state index contributed by atoms with van der Waals surface area (Å²) < 4.78 is 13.0. The molecule has 3 saturated heterocycles. The fraction of sp³-hybridized carbons (Fsp3) is 0.457. The Hall–Kier alpha value is -4.71. The van der Waals surface area contributed by atoms with E-state index >= 15 is 0 Å². The van der Waals surface area contributed by atoms with Crippen molar-refractivity contribution in [1.29, 1.82) is 0 Å². The normalized spacial score (nSPS) is 20.7. The summed E-state index contributed by atoms with van der Waals surface area (Å²) in [4.78, 5) is 55.7. The van der Waals surface area contributed by atoms with Gasteiger partial charge in [0.2, 0.25) is 11.8 Å². The van der Waals surface area contributed by atoms with Crippen molar-refractivity contribution in [3.05, 3.63) is 69.0 Å². The smallest absolute Gasteiger partial charge is 0.269 e. The first kappa shape index (κ1) is 30.9. The van der Waals surface area contributed by atoms with Crippen LogP contribution in [-0.4, -0.2) is 83.7 Å². The summed E-state index contributed by atoms with van der Waals surface area (Å²) in [6.45, 7) is 6.74. The number of methoxy groups -OCH3 is 2. The Bertz CT molecular complexity index is 1790. The summed E-state index contributed by atoms with van der Waals surface area (Å²) in [5.74, 6) is 0.648. The van der Waals surface area contributed by atoms with Crippen LogP contribution in [0.4, 0.5) is 5.69 Å². The molecule has 3 amide bonds. The molecule has 246 valence electrons. The molecule has 7 rings (SSSR count). The molecule has 1 aromatic heterocycles. The van der Waals surface area contributed by atoms with Gasteiger partial charge in [-0.25, -0.2) is 4.68 Å². The van der Waals surface area contributed by atoms with Gasteiger partial charge in [0.15, 0.2) is 0 Å². The van der Waals surface area contributed by atoms with Crippen molar-refractivity contribution in [2.24, 2.45) is 12.5 Å². The quantitative estimate of drug-likeness (QED) is 0.388. The van der Waals surface area contributed by atoms with Crippen LogP contribution in [-0.2, 0) is 29.7 Å². The predicted octanol–water partition coefficient (Wildman–Crippen LogP) is 2.64. The first-order valence-electron chi connectivity index (χ1n) is 16.1. The lowest BCUT2D eigenvalue weighted by molar-refractivity contribution is -0.136. The molecule has 12 heteroatoms. The van der Waals surface area contributed by atoms with Crippen molar-refractivity contribution < 1.29 is 23.9 Å². The molecule has 0 radical (unpaired) electrons. The summed E-state index contributed by atoms with van der Waals surface area (Å²) in [5.41, 5.74) is 5.94. The third kappa shape index (κ3) is 5.54. The van der Waals surface area contributed by atoms with Gasteiger partial charge in [0, 0.05) is 67.4 Å². The Morgan fingerprint density at radius 2 is 1.68 bits per heavy atom. The lowest BCUT2D eigenvalue weighted by Gasteiger charge is -2.55. The minimum atomic E-state index is -0.604. The highest BCUT2D eigenvalue weighted by Crippen LogP contribution is 2.44. The molecule has 1 atom stereocenters. The molecule has 1 spiro atoms. The zero-order valence-electron chi connectivity index (χ0n) is 27.3. The van der Waals surface area contributed by atoms with E-state index in [-0.39, 0.29) is 35.1 Å². The molecule has 12 nitrogen and oxygen atoms in total. The zero-order chi connectivity index (χ0) is 33.0. The number of imide groups is 1. The number of ether oxygens (including phenoxy) is 2. The maximum atomic E-state index is 13.1. The molecular weight excluding hydrogens is 600 g/mol. The Morgan fingerprint density at radius 1 is 0.979 bits per heavy atom. The van der Waals surface area contributed by atoms with Gasteiger partial charge in [-0.15, -0.1) is 0 Å². The number of nitrogens with one attached hydrogen (secondary N) is 1. The summed E-state index contributed by atoms with van der Waals surface area (Å²) in [7, 11) is 4.98. The van der Waals surface area contributed by atoms with Crippen LogP contribution in [0, 0.1) is 12.3 Å². The van der Waals surface area contributed by atoms with E-state index in [1.807, 2.05) is 24.3 Å². The van der Waals surface area contributed by atoms with E-state index in [1.165, 1.54) is 4.68 Å². The number of hydrogen-bond donors (Lipinski definition) is 1. The summed E-state index contributed by atoms with van der Waals surface area (Å²) in [6, 6.07) is 11.1. The number of piperidine rings is 2. The molecule has 47 heavy (non-hydrogen) atoms. The molecule has 1 unspecified atom stereocenters. The van der Waals surface area contributed by atoms with Gasteiger partial charge in [0.1, 0.15) is 17.5 Å². The van der Waals surface area contributed by atoms with Crippen molar-refractivity contribution in [2.45, 2.75) is 51.7 Å². The van der Waals surface area contributed by atoms with Crippen LogP contribution in [0.2, 0.25) is 0 Å². The first-order valence-corrected chi connectivity index (χ1v) is 16.1. The molecule has 1 N–H and O–H groups in total. The molecule has 4 aliphatic rings. The van der Waals surface area contributed by atoms with Gasteiger partial charge in [-0.3, -0.25) is 29.4 Å². The van der Waals surface area contributed by atoms with E-state index in [9.17, 15) is 19.2 Å². The van der Waals surface area contributed by atoms with Crippen LogP contribution in [0.5, 0.6) is 11.5 Å². The molecule has 2 aromatic carbocycles. The predicted molar refractivity (Wildman–Crippen MR) is 174 cm³/mol. The number of aromatic nitrogens is 2. The number of likely N-dealkylation sites (tertiary alicyclic amines) is 1. The van der Waals surface area contributed by atoms with E-state index in [0.717, 1.165) is 72.9 Å². The minimum Gasteiger partial charge on any atom is -0.496 e. The molecule has 0 saturated carbocycles. The van der Waals surface area contributed by atoms with Crippen molar-refractivity contribution in [3.63, 3.8) is 0 Å². The highest BCUT2D eigenvalue weighted by molar-refractivity contribution is 6.05. The van der Waals surface area contributed by atoms with Crippen LogP contribution < -0.4 is 25.2 Å². The summed E-state index contributed by atoms with van der Waals surface area (Å²) >= 11 is 0. The molecule has 5 heterocycles. The van der Waals surface area contributed by atoms with E-state index in [2.05, 4.69) is 26.3 Å². The Kier molecular flexibility index (Phi) is 7.78. The van der Waals surface area contributed by atoms with Crippen LogP contribution >= 0.6 is 0 Å². The molecular formula is C35H40N6O6. The Balaban J connectivity index is 0.984. The van der Waals surface area contributed by atoms with Crippen molar-refractivity contribution in [2.75, 3.05) is 45.3 Å². The number of rotatable bonds is 7. The second-order valence-electron chi connectivity index (χ2n) is 13.4. The number of hydrogen-bond acceptors (Lipinski definition) is 9. The van der Waals surface area contributed by atoms with Crippen molar-refractivity contribution in [3.8, 4) is 22.8 Å². The number of benzene rings is 2.